The molecule has 1 heterocycles. The molecule has 3 nitrogen and oxygen atoms in total. The zero-order chi connectivity index (χ0) is 14.8. The number of benzene rings is 1. The number of hydrogen-bond donors (Lipinski definition) is 1. The van der Waals surface area contributed by atoms with E-state index in [9.17, 15) is 8.42 Å². The number of piperidine rings is 1. The molecule has 0 spiro atoms. The Kier molecular flexibility index (Phi) is 2.87. The van der Waals surface area contributed by atoms with Crippen LogP contribution in [0.4, 0.5) is 0 Å². The molecule has 4 heteroatoms. The summed E-state index contributed by atoms with van der Waals surface area (Å²) in [5.41, 5.74) is 2.45. The predicted molar refractivity (Wildman–Crippen MR) is 80.8 cm³/mol. The van der Waals surface area contributed by atoms with Crippen LogP contribution in [0, 0.1) is 5.41 Å². The van der Waals surface area contributed by atoms with E-state index in [2.05, 4.69) is 32.2 Å². The van der Waals surface area contributed by atoms with Crippen molar-refractivity contribution in [2.75, 3.05) is 12.8 Å². The zero-order valence-corrected chi connectivity index (χ0v) is 13.5. The zero-order valence-electron chi connectivity index (χ0n) is 12.7. The number of fused-ring (bicyclic) bond motifs is 4. The van der Waals surface area contributed by atoms with E-state index in [1.165, 1.54) is 11.8 Å². The van der Waals surface area contributed by atoms with Gasteiger partial charge in [-0.15, -0.1) is 0 Å². The van der Waals surface area contributed by atoms with Gasteiger partial charge in [0, 0.05) is 17.7 Å². The molecule has 0 amide bonds. The molecule has 2 bridgehead atoms. The van der Waals surface area contributed by atoms with Crippen molar-refractivity contribution in [3.05, 3.63) is 29.3 Å². The molecular formula is C16H23NO2S. The SMILES string of the molecule is CC1(C)[C@H]2Cc3c(cccc3S(C)(=O)=O)[C@]1(C)CCN2. The molecular weight excluding hydrogens is 270 g/mol. The van der Waals surface area contributed by atoms with Crippen molar-refractivity contribution >= 4 is 9.84 Å². The summed E-state index contributed by atoms with van der Waals surface area (Å²) in [7, 11) is -3.17. The first-order chi connectivity index (χ1) is 9.18. The van der Waals surface area contributed by atoms with Crippen molar-refractivity contribution in [2.24, 2.45) is 5.41 Å². The van der Waals surface area contributed by atoms with Crippen molar-refractivity contribution in [3.8, 4) is 0 Å². The lowest BCUT2D eigenvalue weighted by atomic mass is 9.51. The van der Waals surface area contributed by atoms with E-state index in [0.29, 0.717) is 10.9 Å². The maximum Gasteiger partial charge on any atom is 0.175 e. The standard InChI is InChI=1S/C16H23NO2S/c1-15(2)14-10-11-12(16(15,3)8-9-17-14)6-5-7-13(11)20(4,18)19/h5-7,14,17H,8-10H2,1-4H3/t14-,16+/m1/s1. The first-order valence-electron chi connectivity index (χ1n) is 7.24. The van der Waals surface area contributed by atoms with Crippen LogP contribution in [-0.2, 0) is 21.7 Å². The van der Waals surface area contributed by atoms with Gasteiger partial charge in [0.2, 0.25) is 0 Å². The Balaban J connectivity index is 2.30. The third-order valence-electron chi connectivity index (χ3n) is 5.84. The first kappa shape index (κ1) is 14.1. The fraction of sp³-hybridized carbons (Fsp3) is 0.625. The second-order valence-electron chi connectivity index (χ2n) is 7.07. The molecule has 1 aliphatic heterocycles. The Labute approximate surface area is 121 Å². The van der Waals surface area contributed by atoms with Gasteiger partial charge < -0.3 is 5.32 Å². The van der Waals surface area contributed by atoms with Crippen LogP contribution in [0.3, 0.4) is 0 Å². The normalized spacial score (nSPS) is 31.7. The van der Waals surface area contributed by atoms with Gasteiger partial charge in [0.15, 0.2) is 9.84 Å². The summed E-state index contributed by atoms with van der Waals surface area (Å²) in [4.78, 5) is 0.519. The van der Waals surface area contributed by atoms with Crippen LogP contribution in [0.5, 0.6) is 0 Å². The lowest BCUT2D eigenvalue weighted by Gasteiger charge is -2.57. The third kappa shape index (κ3) is 1.70. The van der Waals surface area contributed by atoms with Crippen molar-refractivity contribution in [2.45, 2.75) is 50.0 Å². The number of sulfone groups is 1. The van der Waals surface area contributed by atoms with E-state index in [1.807, 2.05) is 6.07 Å². The average Bonchev–Trinajstić information content (AvgIpc) is 2.31. The molecule has 0 saturated carbocycles. The summed E-state index contributed by atoms with van der Waals surface area (Å²) in [5.74, 6) is 0. The van der Waals surface area contributed by atoms with Gasteiger partial charge in [0.05, 0.1) is 4.90 Å². The molecule has 0 unspecified atom stereocenters. The molecule has 3 rings (SSSR count). The highest BCUT2D eigenvalue weighted by molar-refractivity contribution is 7.90. The maximum absolute atomic E-state index is 12.1. The Hall–Kier alpha value is -0.870. The van der Waals surface area contributed by atoms with Gasteiger partial charge in [-0.1, -0.05) is 32.9 Å². The first-order valence-corrected chi connectivity index (χ1v) is 9.13. The lowest BCUT2D eigenvalue weighted by Crippen LogP contribution is -2.62. The van der Waals surface area contributed by atoms with E-state index in [4.69, 9.17) is 0 Å². The Morgan fingerprint density at radius 2 is 1.95 bits per heavy atom. The van der Waals surface area contributed by atoms with Gasteiger partial charge in [-0.2, -0.15) is 0 Å². The molecule has 1 aromatic carbocycles. The van der Waals surface area contributed by atoms with Gasteiger partial charge in [-0.3, -0.25) is 0 Å². The van der Waals surface area contributed by atoms with E-state index in [1.54, 1.807) is 6.07 Å². The van der Waals surface area contributed by atoms with Crippen molar-refractivity contribution in [1.82, 2.24) is 5.32 Å². The fourth-order valence-corrected chi connectivity index (χ4v) is 5.08. The summed E-state index contributed by atoms with van der Waals surface area (Å²) in [5, 5.41) is 3.59. The Morgan fingerprint density at radius 1 is 1.25 bits per heavy atom. The van der Waals surface area contributed by atoms with Crippen LogP contribution in [-0.4, -0.2) is 27.3 Å². The second kappa shape index (κ2) is 4.08. The number of nitrogens with one attached hydrogen (secondary N) is 1. The van der Waals surface area contributed by atoms with Gasteiger partial charge in [-0.05, 0) is 42.0 Å². The highest BCUT2D eigenvalue weighted by atomic mass is 32.2. The molecule has 110 valence electrons. The van der Waals surface area contributed by atoms with Crippen LogP contribution in [0.2, 0.25) is 0 Å². The quantitative estimate of drug-likeness (QED) is 0.864. The molecule has 0 aromatic heterocycles. The molecule has 1 aliphatic carbocycles. The highest BCUT2D eigenvalue weighted by Crippen LogP contribution is 2.54. The molecule has 1 aromatic rings. The van der Waals surface area contributed by atoms with E-state index in [0.717, 1.165) is 24.9 Å². The van der Waals surface area contributed by atoms with E-state index >= 15 is 0 Å². The minimum absolute atomic E-state index is 0.0389. The number of hydrogen-bond acceptors (Lipinski definition) is 3. The van der Waals surface area contributed by atoms with Gasteiger partial charge in [0.1, 0.15) is 0 Å². The highest BCUT2D eigenvalue weighted by Gasteiger charge is 2.53. The van der Waals surface area contributed by atoms with Crippen molar-refractivity contribution in [1.29, 1.82) is 0 Å². The summed E-state index contributed by atoms with van der Waals surface area (Å²) in [6.07, 6.45) is 3.17. The Morgan fingerprint density at radius 3 is 2.60 bits per heavy atom. The van der Waals surface area contributed by atoms with Crippen LogP contribution in [0.15, 0.2) is 23.1 Å². The minimum Gasteiger partial charge on any atom is -0.313 e. The summed E-state index contributed by atoms with van der Waals surface area (Å²) in [6, 6.07) is 6.13. The van der Waals surface area contributed by atoms with Gasteiger partial charge >= 0.3 is 0 Å². The average molecular weight is 293 g/mol. The summed E-state index contributed by atoms with van der Waals surface area (Å²) in [6.45, 7) is 7.91. The smallest absolute Gasteiger partial charge is 0.175 e. The van der Waals surface area contributed by atoms with Crippen molar-refractivity contribution in [3.63, 3.8) is 0 Å². The van der Waals surface area contributed by atoms with Gasteiger partial charge in [-0.25, -0.2) is 8.42 Å². The fourth-order valence-electron chi connectivity index (χ4n) is 4.11. The van der Waals surface area contributed by atoms with Gasteiger partial charge in [0.25, 0.3) is 0 Å². The molecule has 1 fully saturated rings. The third-order valence-corrected chi connectivity index (χ3v) is 7.03. The Bertz CT molecular complexity index is 663. The topological polar surface area (TPSA) is 46.2 Å². The molecule has 2 atom stereocenters. The van der Waals surface area contributed by atoms with E-state index < -0.39 is 9.84 Å². The predicted octanol–water partition coefficient (Wildman–Crippen LogP) is 2.29. The summed E-state index contributed by atoms with van der Waals surface area (Å²) < 4.78 is 24.1. The molecule has 0 radical (unpaired) electrons. The molecule has 1 N–H and O–H groups in total. The number of rotatable bonds is 1. The summed E-state index contributed by atoms with van der Waals surface area (Å²) >= 11 is 0. The second-order valence-corrected chi connectivity index (χ2v) is 9.05. The molecule has 2 aliphatic rings. The maximum atomic E-state index is 12.1. The lowest BCUT2D eigenvalue weighted by molar-refractivity contribution is 0.0550. The van der Waals surface area contributed by atoms with Crippen molar-refractivity contribution < 1.29 is 8.42 Å². The monoisotopic (exact) mass is 293 g/mol. The molecule has 1 saturated heterocycles. The minimum atomic E-state index is -3.17. The van der Waals surface area contributed by atoms with Crippen LogP contribution in [0.1, 0.15) is 38.3 Å². The molecule has 20 heavy (non-hydrogen) atoms. The van der Waals surface area contributed by atoms with Crippen LogP contribution in [0.25, 0.3) is 0 Å². The van der Waals surface area contributed by atoms with E-state index in [-0.39, 0.29) is 10.8 Å². The largest absolute Gasteiger partial charge is 0.313 e. The van der Waals surface area contributed by atoms with Crippen LogP contribution < -0.4 is 5.32 Å². The van der Waals surface area contributed by atoms with Crippen LogP contribution >= 0.6 is 0 Å².